The normalized spacial score (nSPS) is 25.4. The van der Waals surface area contributed by atoms with Gasteiger partial charge < -0.3 is 10.1 Å². The lowest BCUT2D eigenvalue weighted by Gasteiger charge is -2.27. The fraction of sp³-hybridized carbons (Fsp3) is 0.600. The molecule has 124 valence electrons. The Bertz CT molecular complexity index is 622. The second kappa shape index (κ2) is 6.74. The molecule has 2 unspecified atom stereocenters. The summed E-state index contributed by atoms with van der Waals surface area (Å²) < 4.78 is 33.3. The highest BCUT2D eigenvalue weighted by Gasteiger charge is 2.43. The van der Waals surface area contributed by atoms with Gasteiger partial charge in [0.25, 0.3) is 0 Å². The van der Waals surface area contributed by atoms with E-state index in [2.05, 4.69) is 5.32 Å². The SMILES string of the molecule is COc1ccc(C)cc1S(=O)(=O)N1C2CCNCC1CC2.Cl. The summed E-state index contributed by atoms with van der Waals surface area (Å²) in [5.74, 6) is 0.428. The van der Waals surface area contributed by atoms with Crippen LogP contribution in [0.4, 0.5) is 0 Å². The van der Waals surface area contributed by atoms with E-state index in [0.29, 0.717) is 10.6 Å². The first-order valence-electron chi connectivity index (χ1n) is 7.43. The fourth-order valence-corrected chi connectivity index (χ4v) is 5.57. The number of benzene rings is 1. The van der Waals surface area contributed by atoms with Crippen LogP contribution in [0.1, 0.15) is 24.8 Å². The van der Waals surface area contributed by atoms with Crippen LogP contribution in [0.2, 0.25) is 0 Å². The van der Waals surface area contributed by atoms with Crippen LogP contribution in [0, 0.1) is 6.92 Å². The summed E-state index contributed by atoms with van der Waals surface area (Å²) in [6.07, 6.45) is 2.77. The zero-order chi connectivity index (χ0) is 15.0. The van der Waals surface area contributed by atoms with Crippen molar-refractivity contribution in [3.63, 3.8) is 0 Å². The van der Waals surface area contributed by atoms with E-state index in [1.807, 2.05) is 13.0 Å². The molecule has 1 aromatic rings. The molecule has 7 heteroatoms. The maximum Gasteiger partial charge on any atom is 0.247 e. The molecule has 1 N–H and O–H groups in total. The molecule has 2 aliphatic heterocycles. The molecule has 0 amide bonds. The number of aryl methyl sites for hydroxylation is 1. The summed E-state index contributed by atoms with van der Waals surface area (Å²) in [4.78, 5) is 0.295. The minimum atomic E-state index is -3.52. The molecule has 0 aliphatic carbocycles. The van der Waals surface area contributed by atoms with E-state index < -0.39 is 10.0 Å². The molecular formula is C15H23ClN2O3S. The Balaban J connectivity index is 0.00000176. The second-order valence-electron chi connectivity index (χ2n) is 5.87. The van der Waals surface area contributed by atoms with E-state index in [-0.39, 0.29) is 24.5 Å². The van der Waals surface area contributed by atoms with Crippen LogP contribution in [-0.4, -0.2) is 45.0 Å². The highest BCUT2D eigenvalue weighted by molar-refractivity contribution is 7.89. The van der Waals surface area contributed by atoms with Crippen molar-refractivity contribution in [2.45, 2.75) is 43.2 Å². The number of hydrogen-bond acceptors (Lipinski definition) is 4. The summed E-state index contributed by atoms with van der Waals surface area (Å²) in [5.41, 5.74) is 0.926. The zero-order valence-electron chi connectivity index (χ0n) is 12.9. The van der Waals surface area contributed by atoms with Crippen molar-refractivity contribution in [3.8, 4) is 5.75 Å². The molecular weight excluding hydrogens is 324 g/mol. The molecule has 2 heterocycles. The smallest absolute Gasteiger partial charge is 0.247 e. The van der Waals surface area contributed by atoms with E-state index in [4.69, 9.17) is 4.74 Å². The standard InChI is InChI=1S/C15H22N2O3S.ClH/c1-11-3-6-14(20-2)15(9-11)21(18,19)17-12-4-5-13(17)10-16-8-7-12;/h3,6,9,12-13,16H,4-5,7-8,10H2,1-2H3;1H. The van der Waals surface area contributed by atoms with Crippen LogP contribution in [-0.2, 0) is 10.0 Å². The maximum absolute atomic E-state index is 13.2. The molecule has 2 atom stereocenters. The summed E-state index contributed by atoms with van der Waals surface area (Å²) in [6, 6.07) is 5.50. The number of methoxy groups -OCH3 is 1. The van der Waals surface area contributed by atoms with Crippen LogP contribution in [0.15, 0.2) is 23.1 Å². The van der Waals surface area contributed by atoms with Gasteiger partial charge in [0, 0.05) is 18.6 Å². The Hall–Kier alpha value is -0.820. The van der Waals surface area contributed by atoms with Crippen molar-refractivity contribution in [1.29, 1.82) is 0 Å². The lowest BCUT2D eigenvalue weighted by Crippen LogP contribution is -2.42. The summed E-state index contributed by atoms with van der Waals surface area (Å²) in [7, 11) is -2.00. The first-order chi connectivity index (χ1) is 10.0. The predicted molar refractivity (Wildman–Crippen MR) is 88.3 cm³/mol. The van der Waals surface area contributed by atoms with E-state index >= 15 is 0 Å². The predicted octanol–water partition coefficient (Wildman–Crippen LogP) is 1.94. The number of nitrogens with one attached hydrogen (secondary N) is 1. The molecule has 0 saturated carbocycles. The fourth-order valence-electron chi connectivity index (χ4n) is 3.43. The highest BCUT2D eigenvalue weighted by atomic mass is 35.5. The molecule has 0 aromatic heterocycles. The van der Waals surface area contributed by atoms with Gasteiger partial charge in [0.2, 0.25) is 10.0 Å². The molecule has 2 fully saturated rings. The Kier molecular flexibility index (Phi) is 5.37. The van der Waals surface area contributed by atoms with Crippen LogP contribution in [0.25, 0.3) is 0 Å². The number of ether oxygens (including phenoxy) is 1. The van der Waals surface area contributed by atoms with E-state index in [1.165, 1.54) is 7.11 Å². The van der Waals surface area contributed by atoms with Crippen molar-refractivity contribution < 1.29 is 13.2 Å². The number of nitrogens with zero attached hydrogens (tertiary/aromatic N) is 1. The van der Waals surface area contributed by atoms with Gasteiger partial charge in [0.15, 0.2) is 0 Å². The monoisotopic (exact) mass is 346 g/mol. The first kappa shape index (κ1) is 17.5. The van der Waals surface area contributed by atoms with Crippen LogP contribution in [0.5, 0.6) is 5.75 Å². The zero-order valence-corrected chi connectivity index (χ0v) is 14.5. The van der Waals surface area contributed by atoms with Gasteiger partial charge in [0.05, 0.1) is 7.11 Å². The molecule has 1 aromatic carbocycles. The number of halogens is 1. The summed E-state index contributed by atoms with van der Waals surface area (Å²) >= 11 is 0. The third-order valence-electron chi connectivity index (χ3n) is 4.46. The number of hydrogen-bond donors (Lipinski definition) is 1. The largest absolute Gasteiger partial charge is 0.495 e. The quantitative estimate of drug-likeness (QED) is 0.908. The van der Waals surface area contributed by atoms with E-state index in [9.17, 15) is 8.42 Å². The number of fused-ring (bicyclic) bond motifs is 2. The van der Waals surface area contributed by atoms with Gasteiger partial charge in [-0.1, -0.05) is 6.07 Å². The van der Waals surface area contributed by atoms with Crippen LogP contribution in [0.3, 0.4) is 0 Å². The van der Waals surface area contributed by atoms with Crippen LogP contribution >= 0.6 is 12.4 Å². The maximum atomic E-state index is 13.2. The second-order valence-corrected chi connectivity index (χ2v) is 7.68. The van der Waals surface area contributed by atoms with E-state index in [0.717, 1.165) is 37.9 Å². The minimum Gasteiger partial charge on any atom is -0.495 e. The average molecular weight is 347 g/mol. The minimum absolute atomic E-state index is 0. The molecule has 0 radical (unpaired) electrons. The Morgan fingerprint density at radius 3 is 2.68 bits per heavy atom. The average Bonchev–Trinajstić information content (AvgIpc) is 2.72. The van der Waals surface area contributed by atoms with Gasteiger partial charge >= 0.3 is 0 Å². The topological polar surface area (TPSA) is 58.6 Å². The molecule has 5 nitrogen and oxygen atoms in total. The van der Waals surface area contributed by atoms with Gasteiger partial charge in [-0.05, 0) is 50.4 Å². The van der Waals surface area contributed by atoms with Crippen LogP contribution < -0.4 is 10.1 Å². The third-order valence-corrected chi connectivity index (χ3v) is 6.49. The first-order valence-corrected chi connectivity index (χ1v) is 8.87. The Morgan fingerprint density at radius 1 is 1.23 bits per heavy atom. The van der Waals surface area contributed by atoms with Crippen molar-refractivity contribution in [3.05, 3.63) is 23.8 Å². The Morgan fingerprint density at radius 2 is 1.95 bits per heavy atom. The van der Waals surface area contributed by atoms with Crippen molar-refractivity contribution in [1.82, 2.24) is 9.62 Å². The van der Waals surface area contributed by atoms with Crippen molar-refractivity contribution >= 4 is 22.4 Å². The van der Waals surface area contributed by atoms with Gasteiger partial charge in [-0.3, -0.25) is 0 Å². The van der Waals surface area contributed by atoms with Gasteiger partial charge in [-0.15, -0.1) is 12.4 Å². The lowest BCUT2D eigenvalue weighted by atomic mass is 10.1. The summed E-state index contributed by atoms with van der Waals surface area (Å²) in [5, 5.41) is 3.33. The number of sulfonamides is 1. The van der Waals surface area contributed by atoms with Gasteiger partial charge in [-0.25, -0.2) is 8.42 Å². The molecule has 2 saturated heterocycles. The number of rotatable bonds is 3. The molecule has 2 aliphatic rings. The molecule has 2 bridgehead atoms. The Labute approximate surface area is 138 Å². The van der Waals surface area contributed by atoms with Gasteiger partial charge in [0.1, 0.15) is 10.6 Å². The molecule has 0 spiro atoms. The third kappa shape index (κ3) is 2.97. The lowest BCUT2D eigenvalue weighted by molar-refractivity contribution is 0.331. The molecule has 22 heavy (non-hydrogen) atoms. The molecule has 3 rings (SSSR count). The van der Waals surface area contributed by atoms with Crippen molar-refractivity contribution in [2.75, 3.05) is 20.2 Å². The highest BCUT2D eigenvalue weighted by Crippen LogP contribution is 2.36. The summed E-state index contributed by atoms with van der Waals surface area (Å²) in [6.45, 7) is 3.53. The van der Waals surface area contributed by atoms with E-state index in [1.54, 1.807) is 16.4 Å². The van der Waals surface area contributed by atoms with Crippen molar-refractivity contribution in [2.24, 2.45) is 0 Å². The van der Waals surface area contributed by atoms with Gasteiger partial charge in [-0.2, -0.15) is 4.31 Å².